The van der Waals surface area contributed by atoms with Crippen molar-refractivity contribution in [2.75, 3.05) is 42.9 Å². The number of hydrogen-bond donors (Lipinski definition) is 1. The SMILES string of the molecule is Cc1ccc(C(=O)Nc2cccnc2N2CCC(CCN3CCCCC3)CC2)cc1C(F)(F)F. The van der Waals surface area contributed by atoms with Crippen LogP contribution in [0.2, 0.25) is 0 Å². The first-order valence-electron chi connectivity index (χ1n) is 12.2. The zero-order valence-electron chi connectivity index (χ0n) is 19.7. The Morgan fingerprint density at radius 3 is 2.53 bits per heavy atom. The summed E-state index contributed by atoms with van der Waals surface area (Å²) < 4.78 is 39.8. The third kappa shape index (κ3) is 6.09. The van der Waals surface area contributed by atoms with Crippen molar-refractivity contribution in [1.82, 2.24) is 9.88 Å². The largest absolute Gasteiger partial charge is 0.416 e. The maximum Gasteiger partial charge on any atom is 0.416 e. The highest BCUT2D eigenvalue weighted by atomic mass is 19.4. The molecule has 2 aromatic rings. The lowest BCUT2D eigenvalue weighted by molar-refractivity contribution is -0.138. The highest BCUT2D eigenvalue weighted by Crippen LogP contribution is 2.33. The van der Waals surface area contributed by atoms with Gasteiger partial charge in [0, 0.05) is 24.8 Å². The van der Waals surface area contributed by atoms with Crippen molar-refractivity contribution < 1.29 is 18.0 Å². The van der Waals surface area contributed by atoms with Gasteiger partial charge in [-0.3, -0.25) is 4.79 Å². The lowest BCUT2D eigenvalue weighted by Gasteiger charge is -2.35. The number of nitrogens with zero attached hydrogens (tertiary/aromatic N) is 3. The molecule has 1 aromatic carbocycles. The molecule has 1 N–H and O–H groups in total. The van der Waals surface area contributed by atoms with Gasteiger partial charge in [-0.15, -0.1) is 0 Å². The summed E-state index contributed by atoms with van der Waals surface area (Å²) in [6.45, 7) is 6.72. The van der Waals surface area contributed by atoms with E-state index in [1.54, 1.807) is 18.3 Å². The van der Waals surface area contributed by atoms with Crippen LogP contribution in [0.4, 0.5) is 24.7 Å². The molecule has 0 aliphatic carbocycles. The van der Waals surface area contributed by atoms with Crippen LogP contribution in [-0.4, -0.2) is 48.5 Å². The Labute approximate surface area is 199 Å². The molecule has 2 saturated heterocycles. The fourth-order valence-electron chi connectivity index (χ4n) is 4.99. The van der Waals surface area contributed by atoms with E-state index in [1.807, 2.05) is 0 Å². The van der Waals surface area contributed by atoms with E-state index in [0.29, 0.717) is 17.4 Å². The van der Waals surface area contributed by atoms with Crippen LogP contribution in [0.1, 0.15) is 60.0 Å². The number of alkyl halides is 3. The molecule has 1 aromatic heterocycles. The summed E-state index contributed by atoms with van der Waals surface area (Å²) in [5.41, 5.74) is -0.204. The van der Waals surface area contributed by atoms with E-state index in [4.69, 9.17) is 0 Å². The van der Waals surface area contributed by atoms with Crippen molar-refractivity contribution >= 4 is 17.4 Å². The first-order chi connectivity index (χ1) is 16.3. The van der Waals surface area contributed by atoms with Gasteiger partial charge in [0.2, 0.25) is 0 Å². The smallest absolute Gasteiger partial charge is 0.355 e. The van der Waals surface area contributed by atoms with Gasteiger partial charge in [0.25, 0.3) is 5.91 Å². The van der Waals surface area contributed by atoms with Gasteiger partial charge in [-0.25, -0.2) is 4.98 Å². The summed E-state index contributed by atoms with van der Waals surface area (Å²) >= 11 is 0. The molecule has 0 bridgehead atoms. The second-order valence-electron chi connectivity index (χ2n) is 9.48. The number of anilines is 2. The molecule has 0 radical (unpaired) electrons. The van der Waals surface area contributed by atoms with Crippen molar-refractivity contribution in [3.8, 4) is 0 Å². The Morgan fingerprint density at radius 1 is 1.09 bits per heavy atom. The second-order valence-corrected chi connectivity index (χ2v) is 9.48. The molecular weight excluding hydrogens is 441 g/mol. The Morgan fingerprint density at radius 2 is 1.82 bits per heavy atom. The number of carbonyl (C=O) groups is 1. The zero-order valence-corrected chi connectivity index (χ0v) is 19.7. The Kier molecular flexibility index (Phi) is 7.76. The molecule has 2 fully saturated rings. The summed E-state index contributed by atoms with van der Waals surface area (Å²) in [7, 11) is 0. The summed E-state index contributed by atoms with van der Waals surface area (Å²) in [5.74, 6) is 0.790. The minimum Gasteiger partial charge on any atom is -0.355 e. The van der Waals surface area contributed by atoms with Gasteiger partial charge < -0.3 is 15.1 Å². The van der Waals surface area contributed by atoms with Crippen LogP contribution in [-0.2, 0) is 6.18 Å². The minimum atomic E-state index is -4.50. The number of carbonyl (C=O) groups excluding carboxylic acids is 1. The highest BCUT2D eigenvalue weighted by molar-refractivity contribution is 6.05. The molecule has 4 rings (SSSR count). The lowest BCUT2D eigenvalue weighted by Crippen LogP contribution is -2.37. The third-order valence-corrected chi connectivity index (χ3v) is 7.06. The first kappa shape index (κ1) is 24.5. The van der Waals surface area contributed by atoms with E-state index in [1.165, 1.54) is 64.4 Å². The number of likely N-dealkylation sites (tertiary alicyclic amines) is 1. The molecular formula is C26H33F3N4O. The fraction of sp³-hybridized carbons (Fsp3) is 0.538. The van der Waals surface area contributed by atoms with Crippen molar-refractivity contribution in [3.05, 3.63) is 53.2 Å². The average Bonchev–Trinajstić information content (AvgIpc) is 2.83. The fourth-order valence-corrected chi connectivity index (χ4v) is 4.99. The summed E-state index contributed by atoms with van der Waals surface area (Å²) in [4.78, 5) is 22.0. The molecule has 5 nitrogen and oxygen atoms in total. The number of hydrogen-bond acceptors (Lipinski definition) is 4. The van der Waals surface area contributed by atoms with Gasteiger partial charge in [0.05, 0.1) is 11.3 Å². The van der Waals surface area contributed by atoms with Gasteiger partial charge in [0.1, 0.15) is 0 Å². The van der Waals surface area contributed by atoms with E-state index in [2.05, 4.69) is 20.1 Å². The number of piperidine rings is 2. The molecule has 0 atom stereocenters. The number of nitrogens with one attached hydrogen (secondary N) is 1. The molecule has 0 saturated carbocycles. The predicted molar refractivity (Wildman–Crippen MR) is 128 cm³/mol. The normalized spacial score (nSPS) is 18.2. The van der Waals surface area contributed by atoms with E-state index in [9.17, 15) is 18.0 Å². The topological polar surface area (TPSA) is 48.5 Å². The van der Waals surface area contributed by atoms with Crippen LogP contribution < -0.4 is 10.2 Å². The average molecular weight is 475 g/mol. The number of aryl methyl sites for hydroxylation is 1. The maximum absolute atomic E-state index is 13.3. The van der Waals surface area contributed by atoms with Gasteiger partial charge in [0.15, 0.2) is 5.82 Å². The Balaban J connectivity index is 1.37. The molecule has 1 amide bonds. The molecule has 34 heavy (non-hydrogen) atoms. The molecule has 2 aliphatic rings. The molecule has 184 valence electrons. The number of amides is 1. The minimum absolute atomic E-state index is 0.0239. The number of rotatable bonds is 6. The van der Waals surface area contributed by atoms with Crippen LogP contribution in [0.25, 0.3) is 0 Å². The van der Waals surface area contributed by atoms with Crippen molar-refractivity contribution in [3.63, 3.8) is 0 Å². The number of benzene rings is 1. The molecule has 0 spiro atoms. The molecule has 3 heterocycles. The molecule has 0 unspecified atom stereocenters. The summed E-state index contributed by atoms with van der Waals surface area (Å²) in [5, 5.41) is 2.78. The van der Waals surface area contributed by atoms with E-state index >= 15 is 0 Å². The zero-order chi connectivity index (χ0) is 24.1. The van der Waals surface area contributed by atoms with Crippen molar-refractivity contribution in [1.29, 1.82) is 0 Å². The number of pyridine rings is 1. The standard InChI is InChI=1S/C26H33F3N4O/c1-19-7-8-21(18-22(19)26(27,28)29)25(34)31-23-6-5-12-30-24(23)33-16-10-20(11-17-33)9-15-32-13-3-2-4-14-32/h5-8,12,18,20H,2-4,9-11,13-17H2,1H3,(H,31,34). The van der Waals surface area contributed by atoms with Crippen LogP contribution in [0.15, 0.2) is 36.5 Å². The molecule has 2 aliphatic heterocycles. The maximum atomic E-state index is 13.3. The first-order valence-corrected chi connectivity index (χ1v) is 12.2. The van der Waals surface area contributed by atoms with Crippen molar-refractivity contribution in [2.24, 2.45) is 5.92 Å². The van der Waals surface area contributed by atoms with Crippen LogP contribution in [0, 0.1) is 12.8 Å². The second kappa shape index (κ2) is 10.8. The Hall–Kier alpha value is -2.61. The highest BCUT2D eigenvalue weighted by Gasteiger charge is 2.33. The van der Waals surface area contributed by atoms with E-state index in [0.717, 1.165) is 32.0 Å². The van der Waals surface area contributed by atoms with E-state index < -0.39 is 17.6 Å². The van der Waals surface area contributed by atoms with Gasteiger partial charge in [-0.05, 0) is 94.4 Å². The van der Waals surface area contributed by atoms with Gasteiger partial charge in [-0.1, -0.05) is 12.5 Å². The van der Waals surface area contributed by atoms with Crippen LogP contribution in [0.3, 0.4) is 0 Å². The monoisotopic (exact) mass is 474 g/mol. The lowest BCUT2D eigenvalue weighted by atomic mass is 9.93. The van der Waals surface area contributed by atoms with Crippen LogP contribution in [0.5, 0.6) is 0 Å². The summed E-state index contributed by atoms with van der Waals surface area (Å²) in [6, 6.07) is 7.14. The summed E-state index contributed by atoms with van der Waals surface area (Å²) in [6.07, 6.45) is 4.52. The quantitative estimate of drug-likeness (QED) is 0.579. The number of halogens is 3. The van der Waals surface area contributed by atoms with Crippen LogP contribution >= 0.6 is 0 Å². The Bertz CT molecular complexity index is 980. The molecule has 8 heteroatoms. The van der Waals surface area contributed by atoms with Crippen molar-refractivity contribution in [2.45, 2.75) is 51.6 Å². The van der Waals surface area contributed by atoms with Gasteiger partial charge >= 0.3 is 6.18 Å². The van der Waals surface area contributed by atoms with Gasteiger partial charge in [-0.2, -0.15) is 13.2 Å². The third-order valence-electron chi connectivity index (χ3n) is 7.06. The van der Waals surface area contributed by atoms with E-state index in [-0.39, 0.29) is 11.1 Å². The number of aromatic nitrogens is 1. The predicted octanol–water partition coefficient (Wildman–Crippen LogP) is 5.75.